The van der Waals surface area contributed by atoms with Gasteiger partial charge in [-0.3, -0.25) is 4.79 Å². The molecule has 0 spiro atoms. The van der Waals surface area contributed by atoms with Crippen LogP contribution in [0.25, 0.3) is 0 Å². The highest BCUT2D eigenvalue weighted by atomic mass is 16.5. The molecule has 2 rings (SSSR count). The van der Waals surface area contributed by atoms with Gasteiger partial charge in [-0.2, -0.15) is 0 Å². The first kappa shape index (κ1) is 13.9. The highest BCUT2D eigenvalue weighted by molar-refractivity contribution is 5.90. The zero-order chi connectivity index (χ0) is 13.7. The number of benzene rings is 1. The van der Waals surface area contributed by atoms with Crippen molar-refractivity contribution in [2.24, 2.45) is 5.92 Å². The van der Waals surface area contributed by atoms with Gasteiger partial charge in [-0.1, -0.05) is 13.0 Å². The fraction of sp³-hybridized carbons (Fsp3) is 0.533. The zero-order valence-corrected chi connectivity index (χ0v) is 11.6. The minimum Gasteiger partial charge on any atom is -0.383 e. The van der Waals surface area contributed by atoms with E-state index in [1.807, 2.05) is 31.2 Å². The van der Waals surface area contributed by atoms with Crippen LogP contribution in [0.5, 0.6) is 0 Å². The molecule has 0 aliphatic heterocycles. The summed E-state index contributed by atoms with van der Waals surface area (Å²) in [5.74, 6) is 0.752. The maximum Gasteiger partial charge on any atom is 0.224 e. The second-order valence-electron chi connectivity index (χ2n) is 5.03. The number of amides is 1. The lowest BCUT2D eigenvalue weighted by atomic mass is 10.1. The van der Waals surface area contributed by atoms with Gasteiger partial charge < -0.3 is 15.4 Å². The molecule has 1 saturated carbocycles. The number of carbonyl (C=O) groups excluding carboxylic acids is 1. The third kappa shape index (κ3) is 4.24. The molecule has 0 bridgehead atoms. The van der Waals surface area contributed by atoms with Crippen LogP contribution in [0.15, 0.2) is 24.3 Å². The minimum absolute atomic E-state index is 0.0350. The molecule has 1 amide bonds. The molecule has 19 heavy (non-hydrogen) atoms. The van der Waals surface area contributed by atoms with Gasteiger partial charge in [-0.25, -0.2) is 0 Å². The Labute approximate surface area is 114 Å². The second kappa shape index (κ2) is 6.57. The molecule has 1 unspecified atom stereocenters. The zero-order valence-electron chi connectivity index (χ0n) is 11.6. The highest BCUT2D eigenvalue weighted by Gasteiger charge is 2.31. The van der Waals surface area contributed by atoms with Crippen LogP contribution in [0, 0.1) is 5.92 Å². The van der Waals surface area contributed by atoms with Gasteiger partial charge in [-0.05, 0) is 37.0 Å². The Morgan fingerprint density at radius 2 is 2.16 bits per heavy atom. The van der Waals surface area contributed by atoms with E-state index in [9.17, 15) is 4.79 Å². The molecule has 0 heterocycles. The number of ether oxygens (including phenoxy) is 1. The van der Waals surface area contributed by atoms with E-state index in [1.54, 1.807) is 7.11 Å². The monoisotopic (exact) mass is 262 g/mol. The lowest BCUT2D eigenvalue weighted by Gasteiger charge is -2.19. The van der Waals surface area contributed by atoms with E-state index in [0.29, 0.717) is 18.4 Å². The number of rotatable bonds is 7. The molecule has 1 atom stereocenters. The summed E-state index contributed by atoms with van der Waals surface area (Å²) in [6.45, 7) is 2.56. The quantitative estimate of drug-likeness (QED) is 0.794. The van der Waals surface area contributed by atoms with Crippen molar-refractivity contribution in [1.82, 2.24) is 0 Å². The van der Waals surface area contributed by atoms with Crippen LogP contribution in [0.2, 0.25) is 0 Å². The lowest BCUT2D eigenvalue weighted by Crippen LogP contribution is -2.27. The van der Waals surface area contributed by atoms with Crippen LogP contribution in [0.3, 0.4) is 0 Å². The van der Waals surface area contributed by atoms with Crippen molar-refractivity contribution in [3.05, 3.63) is 24.3 Å². The van der Waals surface area contributed by atoms with Crippen LogP contribution in [0.1, 0.15) is 26.2 Å². The first-order chi connectivity index (χ1) is 9.22. The Hall–Kier alpha value is -1.55. The molecule has 1 aliphatic carbocycles. The molecular weight excluding hydrogens is 240 g/mol. The van der Waals surface area contributed by atoms with Crippen LogP contribution >= 0.6 is 0 Å². The maximum absolute atomic E-state index is 11.4. The Morgan fingerprint density at radius 1 is 1.42 bits per heavy atom. The molecule has 2 N–H and O–H groups in total. The molecule has 1 aromatic rings. The number of carbonyl (C=O) groups is 1. The predicted octanol–water partition coefficient (Wildman–Crippen LogP) is 2.87. The van der Waals surface area contributed by atoms with Gasteiger partial charge in [0, 0.05) is 24.9 Å². The summed E-state index contributed by atoms with van der Waals surface area (Å²) in [4.78, 5) is 11.4. The number of hydrogen-bond acceptors (Lipinski definition) is 3. The van der Waals surface area contributed by atoms with Crippen LogP contribution in [0.4, 0.5) is 11.4 Å². The minimum atomic E-state index is 0.0350. The molecule has 4 heteroatoms. The van der Waals surface area contributed by atoms with Crippen molar-refractivity contribution in [2.45, 2.75) is 32.2 Å². The summed E-state index contributed by atoms with van der Waals surface area (Å²) in [5, 5.41) is 6.37. The molecule has 4 nitrogen and oxygen atoms in total. The van der Waals surface area contributed by atoms with Crippen molar-refractivity contribution in [2.75, 3.05) is 24.4 Å². The number of hydrogen-bond donors (Lipinski definition) is 2. The fourth-order valence-corrected chi connectivity index (χ4v) is 2.12. The molecule has 1 aromatic carbocycles. The molecule has 104 valence electrons. The van der Waals surface area contributed by atoms with Gasteiger partial charge in [0.15, 0.2) is 0 Å². The van der Waals surface area contributed by atoms with E-state index in [2.05, 4.69) is 10.6 Å². The molecule has 0 saturated heterocycles. The maximum atomic E-state index is 11.4. The summed E-state index contributed by atoms with van der Waals surface area (Å²) in [7, 11) is 1.73. The van der Waals surface area contributed by atoms with Crippen molar-refractivity contribution in [3.8, 4) is 0 Å². The largest absolute Gasteiger partial charge is 0.383 e. The van der Waals surface area contributed by atoms with Crippen molar-refractivity contribution < 1.29 is 9.53 Å². The molecule has 0 radical (unpaired) electrons. The fourth-order valence-electron chi connectivity index (χ4n) is 2.12. The Bertz CT molecular complexity index is 430. The Kier molecular flexibility index (Phi) is 4.80. The van der Waals surface area contributed by atoms with Gasteiger partial charge in [-0.15, -0.1) is 0 Å². The van der Waals surface area contributed by atoms with E-state index in [0.717, 1.165) is 18.0 Å². The SMILES string of the molecule is CCC(=O)Nc1cccc(NC(COC)C2CC2)c1. The first-order valence-electron chi connectivity index (χ1n) is 6.88. The van der Waals surface area contributed by atoms with Gasteiger partial charge >= 0.3 is 0 Å². The molecule has 1 fully saturated rings. The first-order valence-corrected chi connectivity index (χ1v) is 6.88. The standard InChI is InChI=1S/C15H22N2O2/c1-3-15(18)17-13-6-4-5-12(9-13)16-14(10-19-2)11-7-8-11/h4-6,9,11,14,16H,3,7-8,10H2,1-2H3,(H,17,18). The van der Waals surface area contributed by atoms with Crippen molar-refractivity contribution >= 4 is 17.3 Å². The third-order valence-electron chi connectivity index (χ3n) is 3.36. The average Bonchev–Trinajstić information content (AvgIpc) is 3.23. The van der Waals surface area contributed by atoms with E-state index in [-0.39, 0.29) is 5.91 Å². The second-order valence-corrected chi connectivity index (χ2v) is 5.03. The number of nitrogens with one attached hydrogen (secondary N) is 2. The van der Waals surface area contributed by atoms with Gasteiger partial charge in [0.1, 0.15) is 0 Å². The van der Waals surface area contributed by atoms with Gasteiger partial charge in [0.25, 0.3) is 0 Å². The summed E-state index contributed by atoms with van der Waals surface area (Å²) in [5.41, 5.74) is 1.87. The van der Waals surface area contributed by atoms with Crippen molar-refractivity contribution in [1.29, 1.82) is 0 Å². The molecular formula is C15H22N2O2. The van der Waals surface area contributed by atoms with Crippen molar-refractivity contribution in [3.63, 3.8) is 0 Å². The van der Waals surface area contributed by atoms with E-state index in [1.165, 1.54) is 12.8 Å². The summed E-state index contributed by atoms with van der Waals surface area (Å²) >= 11 is 0. The highest BCUT2D eigenvalue weighted by Crippen LogP contribution is 2.34. The normalized spacial score (nSPS) is 15.9. The summed E-state index contributed by atoms with van der Waals surface area (Å²) in [6.07, 6.45) is 3.03. The topological polar surface area (TPSA) is 50.4 Å². The van der Waals surface area contributed by atoms with Gasteiger partial charge in [0.05, 0.1) is 12.6 Å². The average molecular weight is 262 g/mol. The number of methoxy groups -OCH3 is 1. The summed E-state index contributed by atoms with van der Waals surface area (Å²) in [6, 6.07) is 8.21. The molecule has 1 aliphatic rings. The lowest BCUT2D eigenvalue weighted by molar-refractivity contribution is -0.115. The predicted molar refractivity (Wildman–Crippen MR) is 77.4 cm³/mol. The summed E-state index contributed by atoms with van der Waals surface area (Å²) < 4.78 is 5.26. The van der Waals surface area contributed by atoms with E-state index in [4.69, 9.17) is 4.74 Å². The molecule has 0 aromatic heterocycles. The Balaban J connectivity index is 1.99. The van der Waals surface area contributed by atoms with Gasteiger partial charge in [0.2, 0.25) is 5.91 Å². The van der Waals surface area contributed by atoms with E-state index < -0.39 is 0 Å². The van der Waals surface area contributed by atoms with Crippen LogP contribution in [-0.2, 0) is 9.53 Å². The van der Waals surface area contributed by atoms with E-state index >= 15 is 0 Å². The Morgan fingerprint density at radius 3 is 2.79 bits per heavy atom. The van der Waals surface area contributed by atoms with Crippen LogP contribution in [-0.4, -0.2) is 25.7 Å². The smallest absolute Gasteiger partial charge is 0.224 e. The number of anilines is 2. The third-order valence-corrected chi connectivity index (χ3v) is 3.36. The van der Waals surface area contributed by atoms with Crippen LogP contribution < -0.4 is 10.6 Å².